The van der Waals surface area contributed by atoms with Crippen LogP contribution in [-0.2, 0) is 4.79 Å². The first-order chi connectivity index (χ1) is 10.1. The van der Waals surface area contributed by atoms with Gasteiger partial charge in [0.2, 0.25) is 5.91 Å². The molecule has 0 spiro atoms. The van der Waals surface area contributed by atoms with Crippen LogP contribution in [0, 0.1) is 5.92 Å². The smallest absolute Gasteiger partial charge is 0.315 e. The van der Waals surface area contributed by atoms with Crippen molar-refractivity contribution in [2.75, 3.05) is 19.6 Å². The van der Waals surface area contributed by atoms with Crippen molar-refractivity contribution in [3.8, 4) is 0 Å². The zero-order valence-electron chi connectivity index (χ0n) is 13.2. The van der Waals surface area contributed by atoms with Crippen molar-refractivity contribution in [3.05, 3.63) is 0 Å². The lowest BCUT2D eigenvalue weighted by Gasteiger charge is -2.31. The molecule has 0 bridgehead atoms. The van der Waals surface area contributed by atoms with Gasteiger partial charge in [-0.3, -0.25) is 4.79 Å². The summed E-state index contributed by atoms with van der Waals surface area (Å²) in [5, 5.41) is 5.82. The van der Waals surface area contributed by atoms with E-state index in [1.54, 1.807) is 0 Å². The fraction of sp³-hybridized carbons (Fsp3) is 0.875. The van der Waals surface area contributed by atoms with Crippen molar-refractivity contribution >= 4 is 11.9 Å². The minimum atomic E-state index is -0.123. The normalized spacial score (nSPS) is 23.7. The number of piperidine rings is 1. The van der Waals surface area contributed by atoms with Gasteiger partial charge in [0.15, 0.2) is 0 Å². The number of likely N-dealkylation sites (tertiary alicyclic amines) is 1. The van der Waals surface area contributed by atoms with Gasteiger partial charge in [-0.25, -0.2) is 4.79 Å². The molecule has 5 nitrogen and oxygen atoms in total. The minimum absolute atomic E-state index is 0.123. The molecule has 0 aromatic carbocycles. The predicted octanol–water partition coefficient (Wildman–Crippen LogP) is 2.27. The van der Waals surface area contributed by atoms with Crippen molar-refractivity contribution in [3.63, 3.8) is 0 Å². The molecular formula is C16H29N3O2. The average Bonchev–Trinajstić information content (AvgIpc) is 2.48. The van der Waals surface area contributed by atoms with E-state index in [0.29, 0.717) is 24.9 Å². The van der Waals surface area contributed by atoms with Crippen LogP contribution in [0.25, 0.3) is 0 Å². The number of hydrogen-bond acceptors (Lipinski definition) is 2. The maximum atomic E-state index is 12.1. The number of amides is 3. The van der Waals surface area contributed by atoms with Gasteiger partial charge in [-0.1, -0.05) is 26.2 Å². The molecule has 1 atom stereocenters. The Balaban J connectivity index is 1.59. The molecule has 3 amide bonds. The lowest BCUT2D eigenvalue weighted by atomic mass is 9.96. The molecular weight excluding hydrogens is 266 g/mol. The standard InChI is InChI=1S/C16H29N3O2/c1-13-6-5-11-19(12-13)15(20)9-10-17-16(21)18-14-7-3-2-4-8-14/h13-14H,2-12H2,1H3,(H2,17,18,21). The van der Waals surface area contributed by atoms with Crippen LogP contribution in [0.5, 0.6) is 0 Å². The highest BCUT2D eigenvalue weighted by Gasteiger charge is 2.21. The molecule has 1 saturated carbocycles. The molecule has 0 aromatic heterocycles. The second kappa shape index (κ2) is 8.25. The molecule has 5 heteroatoms. The highest BCUT2D eigenvalue weighted by Crippen LogP contribution is 2.17. The fourth-order valence-electron chi connectivity index (χ4n) is 3.34. The van der Waals surface area contributed by atoms with E-state index in [-0.39, 0.29) is 11.9 Å². The van der Waals surface area contributed by atoms with E-state index < -0.39 is 0 Å². The van der Waals surface area contributed by atoms with Gasteiger partial charge in [-0.15, -0.1) is 0 Å². The maximum Gasteiger partial charge on any atom is 0.315 e. The van der Waals surface area contributed by atoms with Crippen LogP contribution in [0.1, 0.15) is 58.3 Å². The van der Waals surface area contributed by atoms with Crippen LogP contribution >= 0.6 is 0 Å². The summed E-state index contributed by atoms with van der Waals surface area (Å²) in [6, 6.07) is 0.194. The summed E-state index contributed by atoms with van der Waals surface area (Å²) in [5.41, 5.74) is 0. The molecule has 2 aliphatic rings. The number of nitrogens with zero attached hydrogens (tertiary/aromatic N) is 1. The molecule has 1 unspecified atom stereocenters. The van der Waals surface area contributed by atoms with Crippen LogP contribution in [0.15, 0.2) is 0 Å². The predicted molar refractivity (Wildman–Crippen MR) is 83.0 cm³/mol. The van der Waals surface area contributed by atoms with Gasteiger partial charge < -0.3 is 15.5 Å². The Morgan fingerprint density at radius 1 is 1.10 bits per heavy atom. The zero-order chi connectivity index (χ0) is 15.1. The number of carbonyl (C=O) groups is 2. The zero-order valence-corrected chi connectivity index (χ0v) is 13.2. The van der Waals surface area contributed by atoms with E-state index in [9.17, 15) is 9.59 Å². The first kappa shape index (κ1) is 16.1. The molecule has 2 rings (SSSR count). The van der Waals surface area contributed by atoms with E-state index in [4.69, 9.17) is 0 Å². The highest BCUT2D eigenvalue weighted by atomic mass is 16.2. The van der Waals surface area contributed by atoms with Gasteiger partial charge in [-0.2, -0.15) is 0 Å². The Bertz CT molecular complexity index is 353. The summed E-state index contributed by atoms with van der Waals surface area (Å²) in [7, 11) is 0. The Kier molecular flexibility index (Phi) is 6.33. The largest absolute Gasteiger partial charge is 0.342 e. The van der Waals surface area contributed by atoms with Crippen LogP contribution in [0.2, 0.25) is 0 Å². The average molecular weight is 295 g/mol. The van der Waals surface area contributed by atoms with Crippen LogP contribution < -0.4 is 10.6 Å². The molecule has 1 aliphatic carbocycles. The summed E-state index contributed by atoms with van der Waals surface area (Å²) in [6.07, 6.45) is 8.57. The van der Waals surface area contributed by atoms with Crippen molar-refractivity contribution in [2.45, 2.75) is 64.3 Å². The number of carbonyl (C=O) groups excluding carboxylic acids is 2. The Morgan fingerprint density at radius 2 is 1.86 bits per heavy atom. The van der Waals surface area contributed by atoms with E-state index in [1.807, 2.05) is 4.90 Å². The first-order valence-corrected chi connectivity index (χ1v) is 8.47. The molecule has 1 aliphatic heterocycles. The third-order valence-electron chi connectivity index (χ3n) is 4.57. The van der Waals surface area contributed by atoms with Crippen molar-refractivity contribution < 1.29 is 9.59 Å². The lowest BCUT2D eigenvalue weighted by Crippen LogP contribution is -2.45. The second-order valence-corrected chi connectivity index (χ2v) is 6.57. The third kappa shape index (κ3) is 5.56. The second-order valence-electron chi connectivity index (χ2n) is 6.57. The Morgan fingerprint density at radius 3 is 2.57 bits per heavy atom. The van der Waals surface area contributed by atoms with Gasteiger partial charge in [0, 0.05) is 32.1 Å². The number of hydrogen-bond donors (Lipinski definition) is 2. The SMILES string of the molecule is CC1CCCN(C(=O)CCNC(=O)NC2CCCCC2)C1. The van der Waals surface area contributed by atoms with Gasteiger partial charge in [-0.05, 0) is 31.6 Å². The molecule has 2 N–H and O–H groups in total. The summed E-state index contributed by atoms with van der Waals surface area (Å²) >= 11 is 0. The Hall–Kier alpha value is -1.26. The van der Waals surface area contributed by atoms with Gasteiger partial charge in [0.1, 0.15) is 0 Å². The molecule has 1 heterocycles. The number of rotatable bonds is 4. The van der Waals surface area contributed by atoms with Gasteiger partial charge in [0.25, 0.3) is 0 Å². The van der Waals surface area contributed by atoms with E-state index >= 15 is 0 Å². The van der Waals surface area contributed by atoms with E-state index in [2.05, 4.69) is 17.6 Å². The monoisotopic (exact) mass is 295 g/mol. The van der Waals surface area contributed by atoms with Crippen LogP contribution in [-0.4, -0.2) is 42.5 Å². The van der Waals surface area contributed by atoms with Crippen molar-refractivity contribution in [1.82, 2.24) is 15.5 Å². The van der Waals surface area contributed by atoms with E-state index in [1.165, 1.54) is 25.7 Å². The quantitative estimate of drug-likeness (QED) is 0.836. The molecule has 0 radical (unpaired) electrons. The highest BCUT2D eigenvalue weighted by molar-refractivity contribution is 5.78. The van der Waals surface area contributed by atoms with Crippen LogP contribution in [0.4, 0.5) is 4.79 Å². The molecule has 1 saturated heterocycles. The first-order valence-electron chi connectivity index (χ1n) is 8.47. The van der Waals surface area contributed by atoms with Crippen molar-refractivity contribution in [2.24, 2.45) is 5.92 Å². The summed E-state index contributed by atoms with van der Waals surface area (Å²) in [5.74, 6) is 0.768. The molecule has 2 fully saturated rings. The summed E-state index contributed by atoms with van der Waals surface area (Å²) < 4.78 is 0. The van der Waals surface area contributed by atoms with Gasteiger partial charge >= 0.3 is 6.03 Å². The van der Waals surface area contributed by atoms with E-state index in [0.717, 1.165) is 32.4 Å². The minimum Gasteiger partial charge on any atom is -0.342 e. The summed E-state index contributed by atoms with van der Waals surface area (Å²) in [4.78, 5) is 25.8. The summed E-state index contributed by atoms with van der Waals surface area (Å²) in [6.45, 7) is 4.36. The van der Waals surface area contributed by atoms with Gasteiger partial charge in [0.05, 0.1) is 0 Å². The van der Waals surface area contributed by atoms with Crippen LogP contribution in [0.3, 0.4) is 0 Å². The number of nitrogens with one attached hydrogen (secondary N) is 2. The molecule has 120 valence electrons. The lowest BCUT2D eigenvalue weighted by molar-refractivity contribution is -0.132. The fourth-order valence-corrected chi connectivity index (χ4v) is 3.34. The maximum absolute atomic E-state index is 12.1. The molecule has 21 heavy (non-hydrogen) atoms. The third-order valence-corrected chi connectivity index (χ3v) is 4.57. The topological polar surface area (TPSA) is 61.4 Å². The number of urea groups is 1. The molecule has 0 aromatic rings. The Labute approximate surface area is 127 Å². The van der Waals surface area contributed by atoms with Crippen molar-refractivity contribution in [1.29, 1.82) is 0 Å².